The van der Waals surface area contributed by atoms with Crippen LogP contribution in [0.2, 0.25) is 0 Å². The molecule has 25 heavy (non-hydrogen) atoms. The summed E-state index contributed by atoms with van der Waals surface area (Å²) in [5, 5.41) is 7.38. The van der Waals surface area contributed by atoms with Gasteiger partial charge in [-0.05, 0) is 35.5 Å². The fourth-order valence-electron chi connectivity index (χ4n) is 3.09. The number of benzene rings is 2. The molecule has 6 heteroatoms. The van der Waals surface area contributed by atoms with E-state index in [2.05, 4.69) is 16.7 Å². The Kier molecular flexibility index (Phi) is 3.99. The van der Waals surface area contributed by atoms with Crippen LogP contribution >= 0.6 is 23.6 Å². The van der Waals surface area contributed by atoms with Gasteiger partial charge >= 0.3 is 0 Å². The lowest BCUT2D eigenvalue weighted by Crippen LogP contribution is -2.21. The van der Waals surface area contributed by atoms with Crippen molar-refractivity contribution in [2.24, 2.45) is 5.73 Å². The number of nitrogens with two attached hydrogens (primary N) is 1. The van der Waals surface area contributed by atoms with Gasteiger partial charge < -0.3 is 16.4 Å². The van der Waals surface area contributed by atoms with E-state index < -0.39 is 5.91 Å². The molecular weight excluding hydrogens is 350 g/mol. The molecule has 1 aliphatic rings. The van der Waals surface area contributed by atoms with Crippen LogP contribution in [0.15, 0.2) is 54.6 Å². The Morgan fingerprint density at radius 2 is 1.76 bits per heavy atom. The number of rotatable bonds is 3. The maximum Gasteiger partial charge on any atom is 0.252 e. The maximum absolute atomic E-state index is 12.1. The number of hydrogen-bond acceptors (Lipinski definition) is 3. The summed E-state index contributed by atoms with van der Waals surface area (Å²) < 4.78 is 0. The number of primary amides is 1. The van der Waals surface area contributed by atoms with Gasteiger partial charge in [-0.2, -0.15) is 0 Å². The van der Waals surface area contributed by atoms with Crippen LogP contribution in [-0.4, -0.2) is 11.0 Å². The van der Waals surface area contributed by atoms with Gasteiger partial charge in [0.2, 0.25) is 0 Å². The van der Waals surface area contributed by atoms with E-state index in [4.69, 9.17) is 18.0 Å². The highest BCUT2D eigenvalue weighted by molar-refractivity contribution is 7.80. The van der Waals surface area contributed by atoms with Crippen molar-refractivity contribution in [3.8, 4) is 11.1 Å². The molecule has 1 aromatic heterocycles. The lowest BCUT2D eigenvalue weighted by atomic mass is 10.0. The number of amides is 1. The van der Waals surface area contributed by atoms with E-state index in [9.17, 15) is 4.79 Å². The first kappa shape index (κ1) is 15.8. The van der Waals surface area contributed by atoms with Crippen molar-refractivity contribution in [1.82, 2.24) is 0 Å². The Labute approximate surface area is 154 Å². The third-order valence-electron chi connectivity index (χ3n) is 4.12. The molecular formula is C19H15N3OS2. The average Bonchev–Trinajstić information content (AvgIpc) is 3.10. The molecule has 0 saturated heterocycles. The number of nitrogens with one attached hydrogen (secondary N) is 2. The molecule has 1 amide bonds. The topological polar surface area (TPSA) is 67.2 Å². The van der Waals surface area contributed by atoms with Gasteiger partial charge in [0.1, 0.15) is 5.00 Å². The first-order valence-corrected chi connectivity index (χ1v) is 9.03. The fraction of sp³-hybridized carbons (Fsp3) is 0.0526. The molecule has 0 aliphatic heterocycles. The molecule has 4 N–H and O–H groups in total. The van der Waals surface area contributed by atoms with E-state index in [1.165, 1.54) is 16.9 Å². The number of thiocarbonyl (C=S) groups is 1. The Balaban J connectivity index is 1.66. The third kappa shape index (κ3) is 2.90. The molecule has 124 valence electrons. The van der Waals surface area contributed by atoms with Gasteiger partial charge in [-0.15, -0.1) is 11.3 Å². The Morgan fingerprint density at radius 3 is 2.52 bits per heavy atom. The van der Waals surface area contributed by atoms with E-state index in [1.807, 2.05) is 48.5 Å². The minimum absolute atomic E-state index is 0.432. The average molecular weight is 365 g/mol. The summed E-state index contributed by atoms with van der Waals surface area (Å²) in [4.78, 5) is 13.3. The Hall–Kier alpha value is -2.70. The zero-order valence-electron chi connectivity index (χ0n) is 13.2. The van der Waals surface area contributed by atoms with Crippen LogP contribution in [0.1, 0.15) is 20.8 Å². The largest absolute Gasteiger partial charge is 0.365 e. The van der Waals surface area contributed by atoms with Crippen molar-refractivity contribution < 1.29 is 4.79 Å². The number of hydrogen-bond donors (Lipinski definition) is 3. The first-order chi connectivity index (χ1) is 12.1. The maximum atomic E-state index is 12.1. The van der Waals surface area contributed by atoms with Crippen LogP contribution in [0.25, 0.3) is 11.1 Å². The highest BCUT2D eigenvalue weighted by Gasteiger charge is 2.29. The lowest BCUT2D eigenvalue weighted by molar-refractivity contribution is 0.100. The summed E-state index contributed by atoms with van der Waals surface area (Å²) in [6, 6.07) is 17.7. The van der Waals surface area contributed by atoms with Gasteiger partial charge in [-0.25, -0.2) is 0 Å². The van der Waals surface area contributed by atoms with Crippen molar-refractivity contribution in [3.05, 3.63) is 70.6 Å². The molecule has 4 nitrogen and oxygen atoms in total. The highest BCUT2D eigenvalue weighted by atomic mass is 32.1. The molecule has 2 aromatic carbocycles. The number of anilines is 2. The van der Waals surface area contributed by atoms with Gasteiger partial charge in [0.25, 0.3) is 5.91 Å². The monoisotopic (exact) mass is 365 g/mol. The number of carbonyl (C=O) groups is 1. The van der Waals surface area contributed by atoms with Gasteiger partial charge in [-0.3, -0.25) is 4.79 Å². The van der Waals surface area contributed by atoms with Gasteiger partial charge in [0, 0.05) is 22.5 Å². The summed E-state index contributed by atoms with van der Waals surface area (Å²) in [7, 11) is 0. The van der Waals surface area contributed by atoms with Gasteiger partial charge in [-0.1, -0.05) is 42.5 Å². The normalized spacial score (nSPS) is 11.5. The van der Waals surface area contributed by atoms with Crippen LogP contribution in [0.5, 0.6) is 0 Å². The van der Waals surface area contributed by atoms with E-state index in [-0.39, 0.29) is 0 Å². The van der Waals surface area contributed by atoms with Crippen LogP contribution in [-0.2, 0) is 6.42 Å². The van der Waals surface area contributed by atoms with Gasteiger partial charge in [0.05, 0.1) is 5.56 Å². The standard InChI is InChI=1S/C19H15N3OS2/c20-17(23)16-15-13-9-5-4-6-11(13)10-14(15)25-18(16)22-19(24)21-12-7-2-1-3-8-12/h1-9H,10H2,(H2,20,23)(H2,21,22,24). The van der Waals surface area contributed by atoms with E-state index in [0.717, 1.165) is 28.1 Å². The van der Waals surface area contributed by atoms with Crippen molar-refractivity contribution in [2.75, 3.05) is 10.6 Å². The van der Waals surface area contributed by atoms with Crippen LogP contribution in [0.4, 0.5) is 10.7 Å². The zero-order valence-corrected chi connectivity index (χ0v) is 14.8. The van der Waals surface area contributed by atoms with Crippen molar-refractivity contribution in [1.29, 1.82) is 0 Å². The third-order valence-corrected chi connectivity index (χ3v) is 5.43. The summed E-state index contributed by atoms with van der Waals surface area (Å²) in [6.45, 7) is 0. The molecule has 3 aromatic rings. The molecule has 0 bridgehead atoms. The lowest BCUT2D eigenvalue weighted by Gasteiger charge is -2.11. The fourth-order valence-corrected chi connectivity index (χ4v) is 4.62. The Morgan fingerprint density at radius 1 is 1.04 bits per heavy atom. The summed E-state index contributed by atoms with van der Waals surface area (Å²) in [5.41, 5.74) is 10.3. The smallest absolute Gasteiger partial charge is 0.252 e. The predicted molar refractivity (Wildman–Crippen MR) is 107 cm³/mol. The molecule has 4 rings (SSSR count). The Bertz CT molecular complexity index is 980. The summed E-state index contributed by atoms with van der Waals surface area (Å²) >= 11 is 6.91. The molecule has 0 spiro atoms. The van der Waals surface area contributed by atoms with Crippen LogP contribution in [0, 0.1) is 0 Å². The molecule has 0 unspecified atom stereocenters. The van der Waals surface area contributed by atoms with Crippen LogP contribution < -0.4 is 16.4 Å². The second-order valence-electron chi connectivity index (χ2n) is 5.75. The zero-order chi connectivity index (χ0) is 17.4. The number of fused-ring (bicyclic) bond motifs is 3. The quantitative estimate of drug-likeness (QED) is 0.475. The van der Waals surface area contributed by atoms with Crippen molar-refractivity contribution in [3.63, 3.8) is 0 Å². The first-order valence-electron chi connectivity index (χ1n) is 7.80. The minimum atomic E-state index is -0.445. The second kappa shape index (κ2) is 6.31. The van der Waals surface area contributed by atoms with Crippen molar-refractivity contribution in [2.45, 2.75) is 6.42 Å². The molecule has 1 aliphatic carbocycles. The molecule has 0 saturated carbocycles. The predicted octanol–water partition coefficient (Wildman–Crippen LogP) is 4.23. The summed E-state index contributed by atoms with van der Waals surface area (Å²) in [5.74, 6) is -0.445. The number of thiophene rings is 1. The highest BCUT2D eigenvalue weighted by Crippen LogP contribution is 2.47. The molecule has 1 heterocycles. The van der Waals surface area contributed by atoms with Crippen LogP contribution in [0.3, 0.4) is 0 Å². The molecule has 0 atom stereocenters. The minimum Gasteiger partial charge on any atom is -0.365 e. The molecule has 0 fully saturated rings. The SMILES string of the molecule is NC(=O)c1c(NC(=S)Nc2ccccc2)sc2c1-c1ccccc1C2. The summed E-state index contributed by atoms with van der Waals surface area (Å²) in [6.07, 6.45) is 0.816. The number of para-hydroxylation sites is 1. The van der Waals surface area contributed by atoms with Gasteiger partial charge in [0.15, 0.2) is 5.11 Å². The van der Waals surface area contributed by atoms with Crippen molar-refractivity contribution >= 4 is 45.3 Å². The van der Waals surface area contributed by atoms with E-state index in [1.54, 1.807) is 0 Å². The van der Waals surface area contributed by atoms with E-state index >= 15 is 0 Å². The molecule has 0 radical (unpaired) electrons. The van der Waals surface area contributed by atoms with E-state index in [0.29, 0.717) is 15.7 Å². The second-order valence-corrected chi connectivity index (χ2v) is 7.26. The number of carbonyl (C=O) groups excluding carboxylic acids is 1.